The lowest BCUT2D eigenvalue weighted by Crippen LogP contribution is -2.28. The second-order valence-electron chi connectivity index (χ2n) is 24.7. The molecule has 0 amide bonds. The molecule has 4 aliphatic rings. The number of benzene rings is 12. The number of para-hydroxylation sites is 6. The second kappa shape index (κ2) is 22.6. The number of nitrogens with zero attached hydrogens (tertiary/aromatic N) is 4. The van der Waals surface area contributed by atoms with Gasteiger partial charge in [0.25, 0.3) is 0 Å². The van der Waals surface area contributed by atoms with Crippen LogP contribution in [0, 0.1) is 0 Å². The van der Waals surface area contributed by atoms with Gasteiger partial charge in [-0.05, 0) is 227 Å². The van der Waals surface area contributed by atoms with E-state index >= 15 is 0 Å². The molecule has 0 radical (unpaired) electrons. The fraction of sp³-hybridized carbons (Fsp3) is 0.143. The first kappa shape index (κ1) is 53.3. The summed E-state index contributed by atoms with van der Waals surface area (Å²) in [6, 6.07) is 113. The zero-order valence-electron chi connectivity index (χ0n) is 49.7. The maximum absolute atomic E-state index is 2.54. The maximum atomic E-state index is 2.54. The number of hydrogen-bond acceptors (Lipinski definition) is 4. The molecule has 0 saturated heterocycles. The fourth-order valence-corrected chi connectivity index (χ4v) is 15.7. The predicted molar refractivity (Wildman–Crippen MR) is 369 cm³/mol. The third-order valence-electron chi connectivity index (χ3n) is 19.8. The van der Waals surface area contributed by atoms with E-state index in [0.717, 1.165) is 71.2 Å². The lowest BCUT2D eigenvalue weighted by Gasteiger charge is -2.37. The summed E-state index contributed by atoms with van der Waals surface area (Å²) in [4.78, 5) is 9.75. The summed E-state index contributed by atoms with van der Waals surface area (Å²) >= 11 is 0. The molecule has 0 aromatic heterocycles. The quantitative estimate of drug-likeness (QED) is 0.114. The van der Waals surface area contributed by atoms with E-state index in [1.54, 1.807) is 0 Å². The maximum Gasteiger partial charge on any atom is 0.0465 e. The van der Waals surface area contributed by atoms with Gasteiger partial charge in [0.05, 0.1) is 0 Å². The van der Waals surface area contributed by atoms with Crippen LogP contribution in [0.2, 0.25) is 0 Å². The molecule has 2 spiro atoms. The molecule has 0 aliphatic heterocycles. The minimum absolute atomic E-state index is 0.0638. The Kier molecular flexibility index (Phi) is 13.7. The van der Waals surface area contributed by atoms with Gasteiger partial charge >= 0.3 is 0 Å². The molecule has 0 heterocycles. The molecular weight excluding hydrogens is 1060 g/mol. The lowest BCUT2D eigenvalue weighted by atomic mass is 9.67. The molecule has 4 aliphatic carbocycles. The van der Waals surface area contributed by atoms with E-state index in [1.807, 2.05) is 0 Å². The Bertz CT molecular complexity index is 4050. The van der Waals surface area contributed by atoms with Gasteiger partial charge in [0.15, 0.2) is 0 Å². The average Bonchev–Trinajstić information content (AvgIpc) is 1.70. The Balaban J connectivity index is 0.720. The molecule has 12 aromatic carbocycles. The van der Waals surface area contributed by atoms with Crippen molar-refractivity contribution in [2.45, 2.75) is 75.0 Å². The Labute approximate surface area is 518 Å². The SMILES string of the molecule is c1ccc(N(c2ccccc2)c2ccc3c(c2)C2(CCCCC2)c2cc(N(c4ccccc4)c4ccc(-c5ccc(N(c6ccccc6)c6ccc7c(c6)C6(CCCCC6)c6cc(N(c8ccccc8)c8ccccc8)ccc6-7)cc5)cc4)ccc2-3)cc1. The van der Waals surface area contributed by atoms with Crippen molar-refractivity contribution < 1.29 is 0 Å². The zero-order valence-corrected chi connectivity index (χ0v) is 49.7. The Morgan fingerprint density at radius 2 is 0.375 bits per heavy atom. The first-order valence-corrected chi connectivity index (χ1v) is 31.9. The van der Waals surface area contributed by atoms with Crippen molar-refractivity contribution in [2.75, 3.05) is 19.6 Å². The first-order chi connectivity index (χ1) is 43.6. The van der Waals surface area contributed by atoms with Crippen molar-refractivity contribution in [3.63, 3.8) is 0 Å². The summed E-state index contributed by atoms with van der Waals surface area (Å²) in [7, 11) is 0. The summed E-state index contributed by atoms with van der Waals surface area (Å²) in [5.41, 5.74) is 27.6. The molecule has 0 N–H and O–H groups in total. The number of fused-ring (bicyclic) bond motifs is 10. The minimum Gasteiger partial charge on any atom is -0.310 e. The Hall–Kier alpha value is -10.2. The highest BCUT2D eigenvalue weighted by atomic mass is 15.2. The van der Waals surface area contributed by atoms with Gasteiger partial charge in [-0.1, -0.05) is 196 Å². The number of anilines is 12. The Morgan fingerprint density at radius 1 is 0.182 bits per heavy atom. The third kappa shape index (κ3) is 9.29. The van der Waals surface area contributed by atoms with Crippen LogP contribution in [0.1, 0.15) is 86.5 Å². The van der Waals surface area contributed by atoms with Crippen LogP contribution in [0.15, 0.2) is 303 Å². The van der Waals surface area contributed by atoms with E-state index in [0.29, 0.717) is 0 Å². The smallest absolute Gasteiger partial charge is 0.0465 e. The van der Waals surface area contributed by atoms with Crippen molar-refractivity contribution in [3.8, 4) is 33.4 Å². The predicted octanol–water partition coefficient (Wildman–Crippen LogP) is 23.7. The van der Waals surface area contributed by atoms with Crippen LogP contribution in [0.3, 0.4) is 0 Å². The van der Waals surface area contributed by atoms with Crippen molar-refractivity contribution in [2.24, 2.45) is 0 Å². The van der Waals surface area contributed by atoms with Gasteiger partial charge < -0.3 is 19.6 Å². The van der Waals surface area contributed by atoms with Crippen LogP contribution in [0.5, 0.6) is 0 Å². The Morgan fingerprint density at radius 3 is 0.591 bits per heavy atom. The molecule has 0 bridgehead atoms. The van der Waals surface area contributed by atoms with Crippen LogP contribution < -0.4 is 19.6 Å². The standard InChI is InChI=1S/C84H70N4/c1-9-25-63(26-10-1)85(64-27-11-2-12-28-64)71-45-49-75-77-51-47-73(59-81(77)83(79(75)57-71)53-21-7-22-54-83)87(67-33-17-5-18-34-67)69-41-37-61(38-42-69)62-39-43-70(44-40-62)88(68-35-19-6-20-36-68)74-48-52-78-76-50-46-72(58-80(76)84(82(78)60-74)55-23-8-24-56-84)86(65-29-13-3-14-30-65)66-31-15-4-16-32-66/h1-6,9-20,25-52,57-60H,7-8,21-24,53-56H2. The topological polar surface area (TPSA) is 13.0 Å². The van der Waals surface area contributed by atoms with Gasteiger partial charge in [0.1, 0.15) is 0 Å². The van der Waals surface area contributed by atoms with E-state index in [1.165, 1.54) is 117 Å². The highest BCUT2D eigenvalue weighted by Crippen LogP contribution is 2.60. The third-order valence-corrected chi connectivity index (χ3v) is 19.8. The molecule has 426 valence electrons. The van der Waals surface area contributed by atoms with E-state index in [9.17, 15) is 0 Å². The molecule has 12 aromatic rings. The van der Waals surface area contributed by atoms with Gasteiger partial charge in [-0.2, -0.15) is 0 Å². The molecule has 2 fully saturated rings. The summed E-state index contributed by atoms with van der Waals surface area (Å²) in [5, 5.41) is 0. The van der Waals surface area contributed by atoms with Crippen LogP contribution in [-0.4, -0.2) is 0 Å². The second-order valence-corrected chi connectivity index (χ2v) is 24.7. The number of rotatable bonds is 13. The minimum atomic E-state index is -0.0638. The molecule has 0 atom stereocenters. The largest absolute Gasteiger partial charge is 0.310 e. The molecule has 2 saturated carbocycles. The van der Waals surface area contributed by atoms with Crippen molar-refractivity contribution in [1.29, 1.82) is 0 Å². The van der Waals surface area contributed by atoms with E-state index in [2.05, 4.69) is 323 Å². The monoisotopic (exact) mass is 1130 g/mol. The molecule has 4 nitrogen and oxygen atoms in total. The number of hydrogen-bond donors (Lipinski definition) is 0. The van der Waals surface area contributed by atoms with Crippen molar-refractivity contribution in [3.05, 3.63) is 326 Å². The van der Waals surface area contributed by atoms with Crippen LogP contribution in [-0.2, 0) is 10.8 Å². The fourth-order valence-electron chi connectivity index (χ4n) is 15.7. The van der Waals surface area contributed by atoms with E-state index in [4.69, 9.17) is 0 Å². The van der Waals surface area contributed by atoms with Crippen LogP contribution >= 0.6 is 0 Å². The summed E-state index contributed by atoms with van der Waals surface area (Å²) < 4.78 is 0. The summed E-state index contributed by atoms with van der Waals surface area (Å²) in [5.74, 6) is 0. The van der Waals surface area contributed by atoms with Crippen molar-refractivity contribution in [1.82, 2.24) is 0 Å². The van der Waals surface area contributed by atoms with Crippen LogP contribution in [0.4, 0.5) is 68.2 Å². The lowest BCUT2D eigenvalue weighted by molar-refractivity contribution is 0.353. The molecule has 0 unspecified atom stereocenters. The normalized spacial score (nSPS) is 14.8. The van der Waals surface area contributed by atoms with Gasteiger partial charge in [-0.15, -0.1) is 0 Å². The van der Waals surface area contributed by atoms with Gasteiger partial charge in [-0.25, -0.2) is 0 Å². The van der Waals surface area contributed by atoms with Crippen LogP contribution in [0.25, 0.3) is 33.4 Å². The first-order valence-electron chi connectivity index (χ1n) is 31.9. The molecule has 16 rings (SSSR count). The zero-order chi connectivity index (χ0) is 58.4. The average molecular weight is 1140 g/mol. The highest BCUT2D eigenvalue weighted by molar-refractivity contribution is 5.91. The highest BCUT2D eigenvalue weighted by Gasteiger charge is 2.46. The molecular formula is C84H70N4. The van der Waals surface area contributed by atoms with Gasteiger partial charge in [-0.3, -0.25) is 0 Å². The molecule has 88 heavy (non-hydrogen) atoms. The summed E-state index contributed by atoms with van der Waals surface area (Å²) in [6.07, 6.45) is 12.0. The molecule has 4 heteroatoms. The van der Waals surface area contributed by atoms with E-state index < -0.39 is 0 Å². The summed E-state index contributed by atoms with van der Waals surface area (Å²) in [6.45, 7) is 0. The van der Waals surface area contributed by atoms with Gasteiger partial charge in [0, 0.05) is 79.1 Å². The van der Waals surface area contributed by atoms with Crippen molar-refractivity contribution >= 4 is 68.2 Å². The van der Waals surface area contributed by atoms with Gasteiger partial charge in [0.2, 0.25) is 0 Å². The van der Waals surface area contributed by atoms with E-state index in [-0.39, 0.29) is 10.8 Å².